The summed E-state index contributed by atoms with van der Waals surface area (Å²) in [7, 11) is -4.72. The van der Waals surface area contributed by atoms with E-state index in [0.29, 0.717) is 12.8 Å². The van der Waals surface area contributed by atoms with Gasteiger partial charge in [0.2, 0.25) is 0 Å². The summed E-state index contributed by atoms with van der Waals surface area (Å²) >= 11 is 0. The van der Waals surface area contributed by atoms with Crippen molar-refractivity contribution in [1.29, 1.82) is 0 Å². The minimum absolute atomic E-state index is 0.113. The Kier molecular flexibility index (Phi) is 18.6. The summed E-state index contributed by atoms with van der Waals surface area (Å²) in [5, 5.41) is 0. The van der Waals surface area contributed by atoms with Gasteiger partial charge in [-0.15, -0.1) is 0 Å². The number of esters is 2. The van der Waals surface area contributed by atoms with Crippen LogP contribution in [0.15, 0.2) is 24.3 Å². The quantitative estimate of drug-likeness (QED) is 0.0827. The maximum absolute atomic E-state index is 11.8. The van der Waals surface area contributed by atoms with Crippen molar-refractivity contribution in [2.75, 3.05) is 13.2 Å². The van der Waals surface area contributed by atoms with E-state index >= 15 is 0 Å². The number of hydrogen-bond acceptors (Lipinski definition) is 7. The number of rotatable bonds is 20. The predicted octanol–water partition coefficient (Wildman–Crippen LogP) is 4.56. The zero-order valence-electron chi connectivity index (χ0n) is 19.8. The number of ether oxygens (including phenoxy) is 2. The topological polar surface area (TPSA) is 136 Å². The molecule has 0 amide bonds. The number of ketones is 1. The molecule has 0 aliphatic rings. The van der Waals surface area contributed by atoms with Crippen molar-refractivity contribution >= 4 is 25.5 Å². The molecular weight excluding hydrogens is 451 g/mol. The third-order valence-electron chi connectivity index (χ3n) is 4.50. The third kappa shape index (κ3) is 23.2. The minimum Gasteiger partial charge on any atom is -0.462 e. The highest BCUT2D eigenvalue weighted by molar-refractivity contribution is 7.46. The van der Waals surface area contributed by atoms with E-state index in [2.05, 4.69) is 17.5 Å². The molecule has 0 saturated heterocycles. The van der Waals surface area contributed by atoms with E-state index in [1.54, 1.807) is 12.2 Å². The zero-order valence-corrected chi connectivity index (χ0v) is 20.7. The lowest BCUT2D eigenvalue weighted by Gasteiger charge is -2.17. The van der Waals surface area contributed by atoms with Gasteiger partial charge < -0.3 is 19.3 Å². The van der Waals surface area contributed by atoms with Crippen LogP contribution in [-0.2, 0) is 32.9 Å². The highest BCUT2D eigenvalue weighted by Gasteiger charge is 2.21. The van der Waals surface area contributed by atoms with E-state index < -0.39 is 32.5 Å². The highest BCUT2D eigenvalue weighted by atomic mass is 31.2. The normalized spacial score (nSPS) is 12.8. The van der Waals surface area contributed by atoms with Crippen molar-refractivity contribution in [3.8, 4) is 0 Å². The predicted molar refractivity (Wildman–Crippen MR) is 124 cm³/mol. The van der Waals surface area contributed by atoms with Crippen LogP contribution in [0.4, 0.5) is 0 Å². The fourth-order valence-corrected chi connectivity index (χ4v) is 3.18. The molecule has 0 aromatic carbocycles. The second-order valence-corrected chi connectivity index (χ2v) is 8.96. The van der Waals surface area contributed by atoms with Crippen molar-refractivity contribution in [2.45, 2.75) is 90.6 Å². The average Bonchev–Trinajstić information content (AvgIpc) is 2.73. The lowest BCUT2D eigenvalue weighted by molar-refractivity contribution is -0.159. The summed E-state index contributed by atoms with van der Waals surface area (Å²) < 4.78 is 24.8. The van der Waals surface area contributed by atoms with Gasteiger partial charge in [-0.2, -0.15) is 0 Å². The molecular formula is C23H39O9P. The molecule has 0 bridgehead atoms. The molecule has 33 heavy (non-hydrogen) atoms. The number of allylic oxidation sites excluding steroid dienone is 4. The van der Waals surface area contributed by atoms with Gasteiger partial charge in [0.15, 0.2) is 11.9 Å². The van der Waals surface area contributed by atoms with E-state index in [0.717, 1.165) is 39.0 Å². The van der Waals surface area contributed by atoms with Gasteiger partial charge in [-0.05, 0) is 31.8 Å². The van der Waals surface area contributed by atoms with Crippen LogP contribution in [0.2, 0.25) is 0 Å². The first kappa shape index (κ1) is 31.2. The molecule has 0 aromatic heterocycles. The Labute approximate surface area is 196 Å². The smallest absolute Gasteiger partial charge is 0.462 e. The largest absolute Gasteiger partial charge is 0.469 e. The minimum atomic E-state index is -4.72. The van der Waals surface area contributed by atoms with Gasteiger partial charge >= 0.3 is 19.8 Å². The fraction of sp³-hybridized carbons (Fsp3) is 0.696. The molecule has 0 fully saturated rings. The second kappa shape index (κ2) is 19.6. The standard InChI is InChI=1S/C23H39O9P/c1-3-4-5-6-7-9-12-15-21(25)16-13-10-8-11-14-17-23(26)30-18-22(32-20(2)24)19-31-33(27,28)29/h7,9,12,15,22H,3-6,8,10-11,13-14,16-19H2,1-2H3,(H2,27,28,29)/b9-7-,15-12+/t22-/m1/s1. The monoisotopic (exact) mass is 490 g/mol. The van der Waals surface area contributed by atoms with Crippen LogP contribution in [-0.4, -0.2) is 46.8 Å². The summed E-state index contributed by atoms with van der Waals surface area (Å²) in [6, 6.07) is 0. The summed E-state index contributed by atoms with van der Waals surface area (Å²) in [5.41, 5.74) is 0. The SMILES string of the molecule is CCCCC/C=C\C=C\C(=O)CCCCCCCC(=O)OC[C@H](COP(=O)(O)O)OC(C)=O. The molecule has 0 aliphatic carbocycles. The van der Waals surface area contributed by atoms with E-state index in [1.165, 1.54) is 19.3 Å². The number of phosphoric acid groups is 1. The van der Waals surface area contributed by atoms with Gasteiger partial charge in [0.25, 0.3) is 0 Å². The molecule has 0 radical (unpaired) electrons. The Morgan fingerprint density at radius 3 is 2.21 bits per heavy atom. The first-order valence-corrected chi connectivity index (χ1v) is 13.1. The average molecular weight is 491 g/mol. The molecule has 190 valence electrons. The molecule has 1 atom stereocenters. The van der Waals surface area contributed by atoms with E-state index in [9.17, 15) is 18.9 Å². The maximum atomic E-state index is 11.8. The third-order valence-corrected chi connectivity index (χ3v) is 4.98. The first-order chi connectivity index (χ1) is 15.6. The maximum Gasteiger partial charge on any atom is 0.469 e. The van der Waals surface area contributed by atoms with E-state index in [-0.39, 0.29) is 18.8 Å². The van der Waals surface area contributed by atoms with E-state index in [4.69, 9.17) is 19.3 Å². The summed E-state index contributed by atoms with van der Waals surface area (Å²) in [6.07, 6.45) is 15.7. The molecule has 0 aliphatic heterocycles. The fourth-order valence-electron chi connectivity index (χ4n) is 2.82. The molecule has 0 spiro atoms. The molecule has 0 saturated carbocycles. The molecule has 2 N–H and O–H groups in total. The number of phosphoric ester groups is 1. The Balaban J connectivity index is 3.84. The molecule has 0 aromatic rings. The van der Waals surface area contributed by atoms with Gasteiger partial charge in [-0.25, -0.2) is 4.57 Å². The number of hydrogen-bond donors (Lipinski definition) is 2. The lowest BCUT2D eigenvalue weighted by atomic mass is 10.1. The van der Waals surface area contributed by atoms with Gasteiger partial charge in [-0.3, -0.25) is 18.9 Å². The zero-order chi connectivity index (χ0) is 25.0. The Bertz CT molecular complexity index is 667. The van der Waals surface area contributed by atoms with Crippen molar-refractivity contribution in [2.24, 2.45) is 0 Å². The first-order valence-electron chi connectivity index (χ1n) is 11.5. The van der Waals surface area contributed by atoms with E-state index in [1.807, 2.05) is 6.08 Å². The second-order valence-electron chi connectivity index (χ2n) is 7.72. The Morgan fingerprint density at radius 1 is 0.909 bits per heavy atom. The summed E-state index contributed by atoms with van der Waals surface area (Å²) in [5.74, 6) is -1.06. The van der Waals surface area contributed by atoms with Crippen molar-refractivity contribution in [3.63, 3.8) is 0 Å². The van der Waals surface area contributed by atoms with Gasteiger partial charge in [0, 0.05) is 19.8 Å². The summed E-state index contributed by atoms with van der Waals surface area (Å²) in [4.78, 5) is 52.0. The molecule has 0 unspecified atom stereocenters. The lowest BCUT2D eigenvalue weighted by Crippen LogP contribution is -2.28. The van der Waals surface area contributed by atoms with Crippen LogP contribution in [0.3, 0.4) is 0 Å². The number of unbranched alkanes of at least 4 members (excludes halogenated alkanes) is 7. The van der Waals surface area contributed by atoms with Crippen LogP contribution < -0.4 is 0 Å². The molecule has 0 heterocycles. The Morgan fingerprint density at radius 2 is 1.58 bits per heavy atom. The van der Waals surface area contributed by atoms with Crippen LogP contribution in [0.5, 0.6) is 0 Å². The number of carbonyl (C=O) groups excluding carboxylic acids is 3. The van der Waals surface area contributed by atoms with Gasteiger partial charge in [0.05, 0.1) is 6.61 Å². The molecule has 0 rings (SSSR count). The summed E-state index contributed by atoms with van der Waals surface area (Å²) in [6.45, 7) is 2.37. The van der Waals surface area contributed by atoms with Crippen LogP contribution in [0.1, 0.15) is 84.5 Å². The van der Waals surface area contributed by atoms with Crippen LogP contribution in [0, 0.1) is 0 Å². The van der Waals surface area contributed by atoms with Gasteiger partial charge in [-0.1, -0.05) is 57.3 Å². The van der Waals surface area contributed by atoms with Crippen molar-refractivity contribution in [3.05, 3.63) is 24.3 Å². The van der Waals surface area contributed by atoms with Crippen molar-refractivity contribution < 1.29 is 42.7 Å². The highest BCUT2D eigenvalue weighted by Crippen LogP contribution is 2.35. The Hall–Kier alpha value is -1.80. The van der Waals surface area contributed by atoms with Gasteiger partial charge in [0.1, 0.15) is 6.61 Å². The van der Waals surface area contributed by atoms with Crippen LogP contribution >= 0.6 is 7.82 Å². The molecule has 9 nitrogen and oxygen atoms in total. The number of carbonyl (C=O) groups is 3. The van der Waals surface area contributed by atoms with Crippen LogP contribution in [0.25, 0.3) is 0 Å². The molecule has 10 heteroatoms. The van der Waals surface area contributed by atoms with Crippen molar-refractivity contribution in [1.82, 2.24) is 0 Å².